The van der Waals surface area contributed by atoms with Crippen LogP contribution in [0, 0.1) is 5.92 Å². The van der Waals surface area contributed by atoms with E-state index in [9.17, 15) is 4.79 Å². The van der Waals surface area contributed by atoms with Crippen molar-refractivity contribution in [3.05, 3.63) is 53.3 Å². The molecule has 2 aromatic rings. The van der Waals surface area contributed by atoms with Crippen molar-refractivity contribution in [2.75, 3.05) is 20.2 Å². The van der Waals surface area contributed by atoms with Crippen LogP contribution in [0.5, 0.6) is 11.5 Å². The van der Waals surface area contributed by atoms with Crippen molar-refractivity contribution in [3.63, 3.8) is 0 Å². The van der Waals surface area contributed by atoms with Gasteiger partial charge in [0.25, 0.3) is 0 Å². The summed E-state index contributed by atoms with van der Waals surface area (Å²) < 4.78 is 18.8. The molecule has 6 rings (SSSR count). The largest absolute Gasteiger partial charge is 0.490 e. The molecule has 1 saturated heterocycles. The summed E-state index contributed by atoms with van der Waals surface area (Å²) in [6.45, 7) is 3.63. The van der Waals surface area contributed by atoms with Crippen molar-refractivity contribution in [1.29, 1.82) is 0 Å². The lowest BCUT2D eigenvalue weighted by molar-refractivity contribution is -0.105. The minimum Gasteiger partial charge on any atom is -0.490 e. The molecule has 0 N–H and O–H groups in total. The lowest BCUT2D eigenvalue weighted by Crippen LogP contribution is -2.66. The first-order valence-corrected chi connectivity index (χ1v) is 11.4. The molecule has 2 aliphatic carbocycles. The Balaban J connectivity index is 1.42. The maximum Gasteiger partial charge on any atom is 0.340 e. The van der Waals surface area contributed by atoms with Crippen LogP contribution in [0.3, 0.4) is 0 Å². The van der Waals surface area contributed by atoms with Crippen molar-refractivity contribution < 1.29 is 19.0 Å². The van der Waals surface area contributed by atoms with Gasteiger partial charge in [-0.2, -0.15) is 0 Å². The van der Waals surface area contributed by atoms with E-state index in [2.05, 4.69) is 29.1 Å². The summed E-state index contributed by atoms with van der Waals surface area (Å²) in [6, 6.07) is 8.30. The smallest absolute Gasteiger partial charge is 0.340 e. The van der Waals surface area contributed by atoms with Crippen molar-refractivity contribution in [2.45, 2.75) is 56.3 Å². The highest BCUT2D eigenvalue weighted by Crippen LogP contribution is 2.64. The summed E-state index contributed by atoms with van der Waals surface area (Å²) >= 11 is 0. The summed E-state index contributed by atoms with van der Waals surface area (Å²) in [5.74, 6) is 1.90. The van der Waals surface area contributed by atoms with Gasteiger partial charge in [-0.05, 0) is 75.9 Å². The topological polar surface area (TPSA) is 60.9 Å². The molecule has 0 radical (unpaired) electrons. The van der Waals surface area contributed by atoms with E-state index in [0.717, 1.165) is 43.7 Å². The maximum absolute atomic E-state index is 12.9. The van der Waals surface area contributed by atoms with Crippen LogP contribution < -0.4 is 9.47 Å². The zero-order valence-electron chi connectivity index (χ0n) is 18.0. The standard InChI is InChI=1S/C25H28N2O4/c1-3-29-19-8-6-15-13-18-17-7-9-20(30-24(28)16-5-4-11-26-14-16)23-25(17,10-12-27(18)2)21(15)22(19)31-23/h4-6,8,11,14,17-18,20,23H,3,7,9-10,12-13H2,1-2H3/t17-,18+,20-,23-,25-/m0/s1. The SMILES string of the molecule is CCOc1ccc2c3c1O[C@H]1[C@@H](OC(=O)c4cccnc4)CC[C@H]4[C@@H](C2)N(C)CC[C@@]341. The van der Waals surface area contributed by atoms with Crippen LogP contribution in [-0.2, 0) is 16.6 Å². The number of ether oxygens (including phenoxy) is 3. The number of carbonyl (C=O) groups excluding carboxylic acids is 1. The first-order chi connectivity index (χ1) is 15.1. The van der Waals surface area contributed by atoms with Gasteiger partial charge in [0.05, 0.1) is 12.2 Å². The molecule has 1 spiro atoms. The van der Waals surface area contributed by atoms with E-state index >= 15 is 0 Å². The Labute approximate surface area is 182 Å². The van der Waals surface area contributed by atoms with Crippen LogP contribution >= 0.6 is 0 Å². The number of piperidine rings is 1. The molecular formula is C25H28N2O4. The average molecular weight is 421 g/mol. The highest BCUT2D eigenvalue weighted by Gasteiger charge is 2.66. The predicted molar refractivity (Wildman–Crippen MR) is 115 cm³/mol. The number of likely N-dealkylation sites (tertiary alicyclic amines) is 1. The molecule has 1 saturated carbocycles. The second kappa shape index (κ2) is 6.95. The van der Waals surface area contributed by atoms with E-state index < -0.39 is 0 Å². The Morgan fingerprint density at radius 2 is 2.23 bits per heavy atom. The zero-order chi connectivity index (χ0) is 21.2. The summed E-state index contributed by atoms with van der Waals surface area (Å²) in [5, 5.41) is 0. The molecule has 0 amide bonds. The number of nitrogens with zero attached hydrogens (tertiary/aromatic N) is 2. The number of carbonyl (C=O) groups is 1. The number of pyridine rings is 1. The Bertz CT molecular complexity index is 1030. The van der Waals surface area contributed by atoms with Gasteiger partial charge in [0.2, 0.25) is 0 Å². The van der Waals surface area contributed by atoms with E-state index in [4.69, 9.17) is 14.2 Å². The van der Waals surface area contributed by atoms with Gasteiger partial charge in [0.1, 0.15) is 12.2 Å². The molecule has 4 aliphatic rings. The van der Waals surface area contributed by atoms with Gasteiger partial charge in [-0.1, -0.05) is 6.07 Å². The summed E-state index contributed by atoms with van der Waals surface area (Å²) in [4.78, 5) is 19.5. The van der Waals surface area contributed by atoms with Crippen molar-refractivity contribution in [3.8, 4) is 11.5 Å². The van der Waals surface area contributed by atoms with Crippen molar-refractivity contribution >= 4 is 5.97 Å². The minimum absolute atomic E-state index is 0.106. The molecule has 2 fully saturated rings. The van der Waals surface area contributed by atoms with Crippen molar-refractivity contribution in [2.24, 2.45) is 5.92 Å². The molecule has 5 atom stereocenters. The van der Waals surface area contributed by atoms with Crippen LogP contribution in [0.4, 0.5) is 0 Å². The van der Waals surface area contributed by atoms with Gasteiger partial charge in [-0.15, -0.1) is 0 Å². The van der Waals surface area contributed by atoms with Gasteiger partial charge < -0.3 is 19.1 Å². The summed E-state index contributed by atoms with van der Waals surface area (Å²) in [6.07, 6.45) is 6.71. The van der Waals surface area contributed by atoms with Crippen LogP contribution in [0.1, 0.15) is 47.7 Å². The Hall–Kier alpha value is -2.60. The Kier molecular flexibility index (Phi) is 4.29. The third-order valence-corrected chi connectivity index (χ3v) is 7.98. The summed E-state index contributed by atoms with van der Waals surface area (Å²) in [7, 11) is 2.25. The van der Waals surface area contributed by atoms with Gasteiger partial charge >= 0.3 is 5.97 Å². The number of hydrogen-bond acceptors (Lipinski definition) is 6. The number of likely N-dealkylation sites (N-methyl/N-ethyl adjacent to an activating group) is 1. The van der Waals surface area contributed by atoms with E-state index in [1.807, 2.05) is 6.92 Å². The number of esters is 1. The molecule has 6 heteroatoms. The van der Waals surface area contributed by atoms with Gasteiger partial charge in [-0.25, -0.2) is 4.79 Å². The molecule has 0 unspecified atom stereocenters. The third kappa shape index (κ3) is 2.60. The molecule has 1 aromatic heterocycles. The number of hydrogen-bond donors (Lipinski definition) is 0. The highest BCUT2D eigenvalue weighted by atomic mass is 16.6. The lowest BCUT2D eigenvalue weighted by atomic mass is 9.51. The van der Waals surface area contributed by atoms with Gasteiger partial charge in [0, 0.05) is 29.4 Å². The highest BCUT2D eigenvalue weighted by molar-refractivity contribution is 5.89. The number of benzene rings is 1. The molecule has 31 heavy (non-hydrogen) atoms. The van der Waals surface area contributed by atoms with E-state index in [-0.39, 0.29) is 23.6 Å². The molecule has 1 aromatic carbocycles. The Morgan fingerprint density at radius 1 is 1.32 bits per heavy atom. The third-order valence-electron chi connectivity index (χ3n) is 7.98. The maximum atomic E-state index is 12.9. The van der Waals surface area contributed by atoms with Gasteiger partial charge in [-0.3, -0.25) is 4.98 Å². The van der Waals surface area contributed by atoms with Crippen LogP contribution in [0.15, 0.2) is 36.7 Å². The quantitative estimate of drug-likeness (QED) is 0.707. The van der Waals surface area contributed by atoms with Crippen LogP contribution in [0.25, 0.3) is 0 Å². The van der Waals surface area contributed by atoms with Crippen LogP contribution in [0.2, 0.25) is 0 Å². The van der Waals surface area contributed by atoms with E-state index in [1.165, 1.54) is 11.1 Å². The first-order valence-electron chi connectivity index (χ1n) is 11.4. The lowest BCUT2D eigenvalue weighted by Gasteiger charge is -2.58. The molecule has 2 aliphatic heterocycles. The Morgan fingerprint density at radius 3 is 3.03 bits per heavy atom. The fraction of sp³-hybridized carbons (Fsp3) is 0.520. The summed E-state index contributed by atoms with van der Waals surface area (Å²) in [5.41, 5.74) is 3.08. The minimum atomic E-state index is -0.321. The number of rotatable bonds is 4. The van der Waals surface area contributed by atoms with E-state index in [0.29, 0.717) is 24.1 Å². The monoisotopic (exact) mass is 420 g/mol. The second-order valence-electron chi connectivity index (χ2n) is 9.31. The average Bonchev–Trinajstić information content (AvgIpc) is 3.14. The molecule has 162 valence electrons. The molecule has 2 bridgehead atoms. The zero-order valence-corrected chi connectivity index (χ0v) is 18.0. The van der Waals surface area contributed by atoms with Gasteiger partial charge in [0.15, 0.2) is 11.5 Å². The molecule has 6 nitrogen and oxygen atoms in total. The van der Waals surface area contributed by atoms with E-state index in [1.54, 1.807) is 24.5 Å². The molecular weight excluding hydrogens is 392 g/mol. The molecule has 3 heterocycles. The first kappa shape index (κ1) is 19.1. The number of aromatic nitrogens is 1. The second-order valence-corrected chi connectivity index (χ2v) is 9.31. The fourth-order valence-electron chi connectivity index (χ4n) is 6.76. The van der Waals surface area contributed by atoms with Crippen molar-refractivity contribution in [1.82, 2.24) is 9.88 Å². The predicted octanol–water partition coefficient (Wildman–Crippen LogP) is 3.37. The normalized spacial score (nSPS) is 32.7. The fourth-order valence-corrected chi connectivity index (χ4v) is 6.76. The van der Waals surface area contributed by atoms with Crippen LogP contribution in [-0.4, -0.2) is 54.3 Å².